The first-order valence-corrected chi connectivity index (χ1v) is 5.68. The Hall–Kier alpha value is -0.600. The van der Waals surface area contributed by atoms with E-state index in [0.29, 0.717) is 6.04 Å². The van der Waals surface area contributed by atoms with Crippen LogP contribution in [0.2, 0.25) is 0 Å². The van der Waals surface area contributed by atoms with Gasteiger partial charge in [-0.25, -0.2) is 0 Å². The summed E-state index contributed by atoms with van der Waals surface area (Å²) in [7, 11) is 0. The monoisotopic (exact) mass is 192 g/mol. The molecule has 2 rings (SSSR count). The molecule has 0 saturated carbocycles. The van der Waals surface area contributed by atoms with E-state index in [9.17, 15) is 0 Å². The lowest BCUT2D eigenvalue weighted by atomic mass is 10.0. The van der Waals surface area contributed by atoms with Gasteiger partial charge in [0.25, 0.3) is 0 Å². The fraction of sp³-hybridized carbons (Fsp3) is 0.667. The molecule has 2 aliphatic rings. The van der Waals surface area contributed by atoms with E-state index in [1.165, 1.54) is 37.8 Å². The summed E-state index contributed by atoms with van der Waals surface area (Å²) in [4.78, 5) is 2.48. The molecule has 1 heterocycles. The van der Waals surface area contributed by atoms with E-state index < -0.39 is 0 Å². The Kier molecular flexibility index (Phi) is 3.38. The first-order chi connectivity index (χ1) is 6.84. The van der Waals surface area contributed by atoms with Crippen LogP contribution in [0, 0.1) is 0 Å². The van der Waals surface area contributed by atoms with Crippen molar-refractivity contribution in [2.75, 3.05) is 19.6 Å². The number of nitrogens with two attached hydrogens (primary N) is 1. The van der Waals surface area contributed by atoms with Crippen LogP contribution in [0.4, 0.5) is 0 Å². The summed E-state index contributed by atoms with van der Waals surface area (Å²) >= 11 is 0. The molecule has 1 fully saturated rings. The standard InChI is InChI=1S/C12H20N2/c13-12-7-4-8-14(10-12)9-11-5-2-1-3-6-11/h2,5-6,12H,1,3-4,7-10,13H2. The topological polar surface area (TPSA) is 29.3 Å². The normalized spacial score (nSPS) is 28.9. The van der Waals surface area contributed by atoms with Gasteiger partial charge < -0.3 is 5.73 Å². The Morgan fingerprint density at radius 3 is 3.07 bits per heavy atom. The molecule has 0 spiro atoms. The summed E-state index contributed by atoms with van der Waals surface area (Å²) in [6.45, 7) is 3.40. The quantitative estimate of drug-likeness (QED) is 0.721. The fourth-order valence-corrected chi connectivity index (χ4v) is 2.28. The SMILES string of the molecule is NC1CCCN(CC2=CCCC=C2)C1. The molecule has 78 valence electrons. The van der Waals surface area contributed by atoms with Crippen molar-refractivity contribution in [2.45, 2.75) is 31.7 Å². The predicted molar refractivity (Wildman–Crippen MR) is 60.1 cm³/mol. The van der Waals surface area contributed by atoms with Gasteiger partial charge in [0.1, 0.15) is 0 Å². The first kappa shape index (κ1) is 9.94. The van der Waals surface area contributed by atoms with Gasteiger partial charge in [-0.05, 0) is 37.8 Å². The molecule has 0 aromatic rings. The van der Waals surface area contributed by atoms with Gasteiger partial charge in [0.15, 0.2) is 0 Å². The van der Waals surface area contributed by atoms with Crippen molar-refractivity contribution in [1.29, 1.82) is 0 Å². The lowest BCUT2D eigenvalue weighted by Gasteiger charge is -2.31. The highest BCUT2D eigenvalue weighted by molar-refractivity contribution is 5.23. The zero-order valence-corrected chi connectivity index (χ0v) is 8.78. The summed E-state index contributed by atoms with van der Waals surface area (Å²) in [5.74, 6) is 0. The summed E-state index contributed by atoms with van der Waals surface area (Å²) in [5.41, 5.74) is 7.43. The molecule has 14 heavy (non-hydrogen) atoms. The zero-order valence-electron chi connectivity index (χ0n) is 8.78. The molecule has 1 saturated heterocycles. The second-order valence-electron chi connectivity index (χ2n) is 4.40. The van der Waals surface area contributed by atoms with Gasteiger partial charge in [0, 0.05) is 19.1 Å². The van der Waals surface area contributed by atoms with Gasteiger partial charge >= 0.3 is 0 Å². The van der Waals surface area contributed by atoms with Crippen molar-refractivity contribution in [3.63, 3.8) is 0 Å². The Labute approximate surface area is 86.5 Å². The van der Waals surface area contributed by atoms with E-state index in [0.717, 1.165) is 13.1 Å². The summed E-state index contributed by atoms with van der Waals surface area (Å²) < 4.78 is 0. The van der Waals surface area contributed by atoms with Gasteiger partial charge in [0.2, 0.25) is 0 Å². The van der Waals surface area contributed by atoms with Crippen LogP contribution in [0.25, 0.3) is 0 Å². The lowest BCUT2D eigenvalue weighted by Crippen LogP contribution is -2.43. The smallest absolute Gasteiger partial charge is 0.0231 e. The summed E-state index contributed by atoms with van der Waals surface area (Å²) in [5, 5.41) is 0. The predicted octanol–water partition coefficient (Wildman–Crippen LogP) is 1.69. The second-order valence-corrected chi connectivity index (χ2v) is 4.40. The van der Waals surface area contributed by atoms with Crippen molar-refractivity contribution in [3.8, 4) is 0 Å². The summed E-state index contributed by atoms with van der Waals surface area (Å²) in [6.07, 6.45) is 11.8. The largest absolute Gasteiger partial charge is 0.327 e. The number of nitrogens with zero attached hydrogens (tertiary/aromatic N) is 1. The van der Waals surface area contributed by atoms with Crippen molar-refractivity contribution in [1.82, 2.24) is 4.90 Å². The van der Waals surface area contributed by atoms with Crippen LogP contribution in [-0.4, -0.2) is 30.6 Å². The maximum atomic E-state index is 5.95. The van der Waals surface area contributed by atoms with Crippen LogP contribution in [0.1, 0.15) is 25.7 Å². The average Bonchev–Trinajstić information content (AvgIpc) is 2.19. The van der Waals surface area contributed by atoms with Gasteiger partial charge in [0.05, 0.1) is 0 Å². The maximum Gasteiger partial charge on any atom is 0.0231 e. The molecule has 2 heteroatoms. The Bertz CT molecular complexity index is 243. The minimum Gasteiger partial charge on any atom is -0.327 e. The minimum atomic E-state index is 0.400. The molecule has 0 aromatic carbocycles. The third-order valence-corrected chi connectivity index (χ3v) is 3.02. The molecular formula is C12H20N2. The van der Waals surface area contributed by atoms with E-state index >= 15 is 0 Å². The molecule has 1 atom stereocenters. The highest BCUT2D eigenvalue weighted by atomic mass is 15.1. The van der Waals surface area contributed by atoms with Crippen LogP contribution < -0.4 is 5.73 Å². The molecule has 2 nitrogen and oxygen atoms in total. The lowest BCUT2D eigenvalue weighted by molar-refractivity contribution is 0.226. The van der Waals surface area contributed by atoms with Gasteiger partial charge in [-0.2, -0.15) is 0 Å². The highest BCUT2D eigenvalue weighted by Gasteiger charge is 2.16. The fourth-order valence-electron chi connectivity index (χ4n) is 2.28. The van der Waals surface area contributed by atoms with Gasteiger partial charge in [-0.1, -0.05) is 18.2 Å². The van der Waals surface area contributed by atoms with Crippen molar-refractivity contribution in [2.24, 2.45) is 5.73 Å². The Morgan fingerprint density at radius 1 is 1.43 bits per heavy atom. The van der Waals surface area contributed by atoms with Crippen LogP contribution in [-0.2, 0) is 0 Å². The van der Waals surface area contributed by atoms with Crippen molar-refractivity contribution < 1.29 is 0 Å². The molecule has 0 bridgehead atoms. The van der Waals surface area contributed by atoms with Gasteiger partial charge in [-0.15, -0.1) is 0 Å². The number of allylic oxidation sites excluding steroid dienone is 2. The van der Waals surface area contributed by atoms with Crippen LogP contribution in [0.15, 0.2) is 23.8 Å². The molecule has 0 radical (unpaired) electrons. The van der Waals surface area contributed by atoms with E-state index in [2.05, 4.69) is 23.1 Å². The number of rotatable bonds is 2. The van der Waals surface area contributed by atoms with Crippen LogP contribution >= 0.6 is 0 Å². The van der Waals surface area contributed by atoms with Crippen LogP contribution in [0.5, 0.6) is 0 Å². The maximum absolute atomic E-state index is 5.95. The van der Waals surface area contributed by atoms with Crippen molar-refractivity contribution in [3.05, 3.63) is 23.8 Å². The van der Waals surface area contributed by atoms with Gasteiger partial charge in [-0.3, -0.25) is 4.90 Å². The van der Waals surface area contributed by atoms with E-state index in [-0.39, 0.29) is 0 Å². The third-order valence-electron chi connectivity index (χ3n) is 3.02. The summed E-state index contributed by atoms with van der Waals surface area (Å²) in [6, 6.07) is 0.400. The molecule has 1 unspecified atom stereocenters. The number of hydrogen-bond acceptors (Lipinski definition) is 2. The number of piperidine rings is 1. The first-order valence-electron chi connectivity index (χ1n) is 5.68. The molecule has 1 aliphatic heterocycles. The average molecular weight is 192 g/mol. The second kappa shape index (κ2) is 4.76. The molecular weight excluding hydrogens is 172 g/mol. The molecule has 0 aromatic heterocycles. The Balaban J connectivity index is 1.84. The van der Waals surface area contributed by atoms with Crippen LogP contribution in [0.3, 0.4) is 0 Å². The van der Waals surface area contributed by atoms with E-state index in [1.807, 2.05) is 0 Å². The molecule has 0 amide bonds. The minimum absolute atomic E-state index is 0.400. The zero-order chi connectivity index (χ0) is 9.80. The number of hydrogen-bond donors (Lipinski definition) is 1. The highest BCUT2D eigenvalue weighted by Crippen LogP contribution is 2.14. The molecule has 1 aliphatic carbocycles. The Morgan fingerprint density at radius 2 is 2.36 bits per heavy atom. The molecule has 2 N–H and O–H groups in total. The third kappa shape index (κ3) is 2.69. The van der Waals surface area contributed by atoms with E-state index in [1.54, 1.807) is 0 Å². The van der Waals surface area contributed by atoms with E-state index in [4.69, 9.17) is 5.73 Å². The number of likely N-dealkylation sites (tertiary alicyclic amines) is 1. The van der Waals surface area contributed by atoms with Crippen molar-refractivity contribution >= 4 is 0 Å².